The van der Waals surface area contributed by atoms with Gasteiger partial charge in [-0.3, -0.25) is 9.59 Å². The molecule has 0 aliphatic rings. The Morgan fingerprint density at radius 1 is 1.00 bits per heavy atom. The minimum Gasteiger partial charge on any atom is -0.458 e. The number of carbonyl (C=O) groups is 3. The quantitative estimate of drug-likeness (QED) is 0.442. The molecule has 0 aliphatic carbocycles. The maximum absolute atomic E-state index is 12.7. The highest BCUT2D eigenvalue weighted by Gasteiger charge is 2.27. The van der Waals surface area contributed by atoms with Crippen molar-refractivity contribution in [2.75, 3.05) is 5.32 Å². The van der Waals surface area contributed by atoms with E-state index < -0.39 is 12.0 Å². The van der Waals surface area contributed by atoms with Crippen LogP contribution in [-0.4, -0.2) is 28.8 Å². The van der Waals surface area contributed by atoms with Gasteiger partial charge in [-0.25, -0.2) is 9.78 Å². The van der Waals surface area contributed by atoms with Crippen LogP contribution in [0.5, 0.6) is 0 Å². The highest BCUT2D eigenvalue weighted by atomic mass is 32.1. The number of hydrogen-bond donors (Lipinski definition) is 2. The summed E-state index contributed by atoms with van der Waals surface area (Å²) in [6, 6.07) is 14.0. The Morgan fingerprint density at radius 2 is 1.68 bits per heavy atom. The Balaban J connectivity index is 1.54. The van der Waals surface area contributed by atoms with Crippen LogP contribution >= 0.6 is 11.3 Å². The van der Waals surface area contributed by atoms with Gasteiger partial charge in [0.05, 0.1) is 12.1 Å². The zero-order valence-corrected chi connectivity index (χ0v) is 20.6. The van der Waals surface area contributed by atoms with Gasteiger partial charge in [-0.2, -0.15) is 0 Å². The van der Waals surface area contributed by atoms with Crippen molar-refractivity contribution < 1.29 is 19.1 Å². The van der Waals surface area contributed by atoms with Crippen molar-refractivity contribution in [3.05, 3.63) is 81.3 Å². The molecule has 1 aromatic heterocycles. The molecule has 3 aromatic rings. The lowest BCUT2D eigenvalue weighted by atomic mass is 10.0. The molecule has 8 heteroatoms. The second-order valence-corrected chi connectivity index (χ2v) is 9.33. The first-order valence-corrected chi connectivity index (χ1v) is 11.9. The Labute approximate surface area is 203 Å². The fraction of sp³-hybridized carbons (Fsp3) is 0.308. The van der Waals surface area contributed by atoms with E-state index in [2.05, 4.69) is 15.6 Å². The number of nitrogens with one attached hydrogen (secondary N) is 2. The van der Waals surface area contributed by atoms with Crippen molar-refractivity contribution in [2.45, 2.75) is 46.8 Å². The predicted octanol–water partition coefficient (Wildman–Crippen LogP) is 4.44. The van der Waals surface area contributed by atoms with Gasteiger partial charge in [-0.05, 0) is 43.0 Å². The van der Waals surface area contributed by atoms with Gasteiger partial charge in [0.1, 0.15) is 17.7 Å². The van der Waals surface area contributed by atoms with Gasteiger partial charge in [0.25, 0.3) is 5.91 Å². The summed E-state index contributed by atoms with van der Waals surface area (Å²) in [5.41, 5.74) is 3.67. The first-order chi connectivity index (χ1) is 16.2. The third kappa shape index (κ3) is 6.74. The Hall–Kier alpha value is -3.52. The van der Waals surface area contributed by atoms with E-state index in [4.69, 9.17) is 4.74 Å². The molecule has 0 radical (unpaired) electrons. The number of carbonyl (C=O) groups excluding carboxylic acids is 3. The zero-order valence-electron chi connectivity index (χ0n) is 19.8. The number of aromatic nitrogens is 1. The summed E-state index contributed by atoms with van der Waals surface area (Å²) in [5.74, 6) is -1.16. The van der Waals surface area contributed by atoms with Crippen LogP contribution in [0.3, 0.4) is 0 Å². The molecule has 0 spiro atoms. The normalized spacial score (nSPS) is 11.7. The van der Waals surface area contributed by atoms with Crippen LogP contribution in [0, 0.1) is 19.8 Å². The lowest BCUT2D eigenvalue weighted by molar-refractivity contribution is -0.148. The zero-order chi connectivity index (χ0) is 24.7. The largest absolute Gasteiger partial charge is 0.458 e. The predicted molar refractivity (Wildman–Crippen MR) is 133 cm³/mol. The van der Waals surface area contributed by atoms with E-state index in [0.29, 0.717) is 16.3 Å². The van der Waals surface area contributed by atoms with Gasteiger partial charge in [-0.1, -0.05) is 50.2 Å². The summed E-state index contributed by atoms with van der Waals surface area (Å²) in [6.07, 6.45) is 0.133. The highest BCUT2D eigenvalue weighted by molar-refractivity contribution is 7.09. The molecule has 34 heavy (non-hydrogen) atoms. The van der Waals surface area contributed by atoms with Crippen LogP contribution < -0.4 is 10.6 Å². The average Bonchev–Trinajstić information content (AvgIpc) is 3.24. The summed E-state index contributed by atoms with van der Waals surface area (Å²) >= 11 is 1.34. The first kappa shape index (κ1) is 25.1. The summed E-state index contributed by atoms with van der Waals surface area (Å²) < 4.78 is 5.44. The summed E-state index contributed by atoms with van der Waals surface area (Å²) in [6.45, 7) is 7.44. The molecule has 3 rings (SSSR count). The minimum atomic E-state index is -0.787. The van der Waals surface area contributed by atoms with Crippen LogP contribution in [0.15, 0.2) is 53.9 Å². The minimum absolute atomic E-state index is 0.0296. The van der Waals surface area contributed by atoms with Crippen LogP contribution in [0.4, 0.5) is 5.69 Å². The second kappa shape index (κ2) is 11.6. The summed E-state index contributed by atoms with van der Waals surface area (Å²) in [7, 11) is 0. The van der Waals surface area contributed by atoms with Crippen molar-refractivity contribution in [2.24, 2.45) is 5.92 Å². The summed E-state index contributed by atoms with van der Waals surface area (Å²) in [4.78, 5) is 42.1. The number of thiazole rings is 1. The monoisotopic (exact) mass is 479 g/mol. The number of aryl methyl sites for hydroxylation is 2. The van der Waals surface area contributed by atoms with E-state index in [-0.39, 0.29) is 30.8 Å². The molecule has 1 heterocycles. The Bertz CT molecular complexity index is 1170. The average molecular weight is 480 g/mol. The number of anilines is 1. The number of ether oxygens (including phenoxy) is 1. The van der Waals surface area contributed by atoms with E-state index in [0.717, 1.165) is 16.8 Å². The molecule has 0 bridgehead atoms. The number of para-hydroxylation sites is 1. The second-order valence-electron chi connectivity index (χ2n) is 8.39. The molecule has 0 unspecified atom stereocenters. The van der Waals surface area contributed by atoms with Crippen molar-refractivity contribution in [3.8, 4) is 0 Å². The molecule has 2 amide bonds. The standard InChI is InChI=1S/C26H29N3O4S/c1-16(2)24(29-25(31)20-11-7-5-9-17(20)3)26(32)33-14-19-15-34-23(27-19)13-22(30)28-21-12-8-6-10-18(21)4/h5-12,15-16,24H,13-14H2,1-4H3,(H,28,30)(H,29,31)/t24-/m1/s1. The van der Waals surface area contributed by atoms with Gasteiger partial charge >= 0.3 is 5.97 Å². The number of rotatable bonds is 9. The van der Waals surface area contributed by atoms with E-state index in [1.165, 1.54) is 11.3 Å². The number of amides is 2. The topological polar surface area (TPSA) is 97.4 Å². The molecule has 0 aliphatic heterocycles. The molecule has 7 nitrogen and oxygen atoms in total. The molecular weight excluding hydrogens is 450 g/mol. The lowest BCUT2D eigenvalue weighted by Gasteiger charge is -2.21. The number of esters is 1. The number of hydrogen-bond acceptors (Lipinski definition) is 6. The molecule has 0 saturated heterocycles. The van der Waals surface area contributed by atoms with Crippen molar-refractivity contribution >= 4 is 34.8 Å². The highest BCUT2D eigenvalue weighted by Crippen LogP contribution is 2.16. The molecule has 178 valence electrons. The molecule has 0 saturated carbocycles. The molecule has 0 fully saturated rings. The van der Waals surface area contributed by atoms with Crippen LogP contribution in [-0.2, 0) is 27.4 Å². The van der Waals surface area contributed by atoms with Gasteiger partial charge in [0.2, 0.25) is 5.91 Å². The van der Waals surface area contributed by atoms with Crippen molar-refractivity contribution in [3.63, 3.8) is 0 Å². The maximum Gasteiger partial charge on any atom is 0.329 e. The first-order valence-electron chi connectivity index (χ1n) is 11.1. The van der Waals surface area contributed by atoms with E-state index in [9.17, 15) is 14.4 Å². The lowest BCUT2D eigenvalue weighted by Crippen LogP contribution is -2.45. The Morgan fingerprint density at radius 3 is 2.35 bits per heavy atom. The fourth-order valence-electron chi connectivity index (χ4n) is 3.32. The third-order valence-corrected chi connectivity index (χ3v) is 6.19. The van der Waals surface area contributed by atoms with Gasteiger partial charge in [0.15, 0.2) is 0 Å². The molecular formula is C26H29N3O4S. The van der Waals surface area contributed by atoms with E-state index >= 15 is 0 Å². The van der Waals surface area contributed by atoms with E-state index in [1.807, 2.05) is 64.1 Å². The third-order valence-electron chi connectivity index (χ3n) is 5.29. The maximum atomic E-state index is 12.7. The van der Waals surface area contributed by atoms with Crippen molar-refractivity contribution in [1.82, 2.24) is 10.3 Å². The number of nitrogens with zero attached hydrogens (tertiary/aromatic N) is 1. The smallest absolute Gasteiger partial charge is 0.329 e. The van der Waals surface area contributed by atoms with Crippen LogP contribution in [0.2, 0.25) is 0 Å². The molecule has 1 atom stereocenters. The Kier molecular flexibility index (Phi) is 8.54. The van der Waals surface area contributed by atoms with Crippen molar-refractivity contribution in [1.29, 1.82) is 0 Å². The van der Waals surface area contributed by atoms with Crippen LogP contribution in [0.25, 0.3) is 0 Å². The molecule has 2 N–H and O–H groups in total. The number of benzene rings is 2. The fourth-order valence-corrected chi connectivity index (χ4v) is 4.10. The van der Waals surface area contributed by atoms with Gasteiger partial charge in [-0.15, -0.1) is 11.3 Å². The molecule has 2 aromatic carbocycles. The van der Waals surface area contributed by atoms with Crippen LogP contribution in [0.1, 0.15) is 46.0 Å². The summed E-state index contributed by atoms with van der Waals surface area (Å²) in [5, 5.41) is 8.06. The SMILES string of the molecule is Cc1ccccc1NC(=O)Cc1nc(COC(=O)[C@H](NC(=O)c2ccccc2C)C(C)C)cs1. The van der Waals surface area contributed by atoms with Gasteiger partial charge in [0, 0.05) is 16.6 Å². The van der Waals surface area contributed by atoms with E-state index in [1.54, 1.807) is 17.5 Å². The van der Waals surface area contributed by atoms with Gasteiger partial charge < -0.3 is 15.4 Å².